The summed E-state index contributed by atoms with van der Waals surface area (Å²) in [5.41, 5.74) is -0.916. The zero-order chi connectivity index (χ0) is 15.8. The van der Waals surface area contributed by atoms with Crippen LogP contribution in [0, 0.1) is 11.3 Å². The maximum Gasteiger partial charge on any atom is 0.416 e. The largest absolute Gasteiger partial charge is 0.478 e. The molecule has 0 unspecified atom stereocenters. The van der Waals surface area contributed by atoms with Crippen molar-refractivity contribution in [3.05, 3.63) is 29.3 Å². The molecule has 0 amide bonds. The van der Waals surface area contributed by atoms with Gasteiger partial charge >= 0.3 is 12.1 Å². The molecule has 0 aromatic heterocycles. The highest BCUT2D eigenvalue weighted by Gasteiger charge is 2.45. The van der Waals surface area contributed by atoms with Crippen LogP contribution in [0.15, 0.2) is 18.2 Å². The number of carboxylic acid groups (broad SMARTS) is 1. The van der Waals surface area contributed by atoms with E-state index in [4.69, 9.17) is 5.11 Å². The van der Waals surface area contributed by atoms with Gasteiger partial charge in [0.05, 0.1) is 11.1 Å². The van der Waals surface area contributed by atoms with Crippen LogP contribution < -0.4 is 5.32 Å². The van der Waals surface area contributed by atoms with Crippen molar-refractivity contribution in [1.29, 1.82) is 0 Å². The van der Waals surface area contributed by atoms with Crippen molar-refractivity contribution in [2.24, 2.45) is 11.3 Å². The molecule has 0 atom stereocenters. The molecular formula is C15H18F3NO2. The lowest BCUT2D eigenvalue weighted by Crippen LogP contribution is -2.22. The molecule has 0 aliphatic heterocycles. The summed E-state index contributed by atoms with van der Waals surface area (Å²) in [5, 5.41) is 12.1. The molecule has 6 heteroatoms. The van der Waals surface area contributed by atoms with Crippen LogP contribution in [0.5, 0.6) is 0 Å². The van der Waals surface area contributed by atoms with Gasteiger partial charge in [0.2, 0.25) is 0 Å². The molecule has 1 fully saturated rings. The molecule has 2 rings (SSSR count). The fourth-order valence-electron chi connectivity index (χ4n) is 2.44. The fraction of sp³-hybridized carbons (Fsp3) is 0.533. The number of carbonyl (C=O) groups is 1. The van der Waals surface area contributed by atoms with Crippen LogP contribution in [0.2, 0.25) is 0 Å². The molecule has 21 heavy (non-hydrogen) atoms. The van der Waals surface area contributed by atoms with Gasteiger partial charge < -0.3 is 10.4 Å². The van der Waals surface area contributed by atoms with Gasteiger partial charge in [0.1, 0.15) is 0 Å². The molecule has 1 aromatic rings. The van der Waals surface area contributed by atoms with Gasteiger partial charge in [0.25, 0.3) is 0 Å². The number of rotatable bonds is 5. The highest BCUT2D eigenvalue weighted by Crippen LogP contribution is 2.51. The normalized spacial score (nSPS) is 16.9. The molecule has 116 valence electrons. The molecule has 1 aromatic carbocycles. The van der Waals surface area contributed by atoms with E-state index in [-0.39, 0.29) is 16.7 Å². The second-order valence-corrected chi connectivity index (χ2v) is 5.93. The van der Waals surface area contributed by atoms with Crippen molar-refractivity contribution in [3.63, 3.8) is 0 Å². The van der Waals surface area contributed by atoms with Crippen molar-refractivity contribution in [2.75, 3.05) is 11.9 Å². The van der Waals surface area contributed by atoms with Gasteiger partial charge in [-0.05, 0) is 42.4 Å². The summed E-state index contributed by atoms with van der Waals surface area (Å²) in [7, 11) is 0. The van der Waals surface area contributed by atoms with Gasteiger partial charge in [-0.25, -0.2) is 4.79 Å². The van der Waals surface area contributed by atoms with E-state index in [2.05, 4.69) is 19.2 Å². The number of hydrogen-bond acceptors (Lipinski definition) is 2. The van der Waals surface area contributed by atoms with Crippen molar-refractivity contribution in [1.82, 2.24) is 0 Å². The summed E-state index contributed by atoms with van der Waals surface area (Å²) in [6, 6.07) is 2.78. The zero-order valence-corrected chi connectivity index (χ0v) is 11.9. The van der Waals surface area contributed by atoms with Gasteiger partial charge in [-0.3, -0.25) is 0 Å². The van der Waals surface area contributed by atoms with Crippen LogP contribution in [0.3, 0.4) is 0 Å². The lowest BCUT2D eigenvalue weighted by molar-refractivity contribution is -0.137. The maximum absolute atomic E-state index is 12.6. The molecule has 0 spiro atoms. The highest BCUT2D eigenvalue weighted by atomic mass is 19.4. The van der Waals surface area contributed by atoms with E-state index < -0.39 is 17.7 Å². The fourth-order valence-corrected chi connectivity index (χ4v) is 2.44. The topological polar surface area (TPSA) is 49.3 Å². The van der Waals surface area contributed by atoms with Crippen molar-refractivity contribution in [3.8, 4) is 0 Å². The summed E-state index contributed by atoms with van der Waals surface area (Å²) >= 11 is 0. The monoisotopic (exact) mass is 301 g/mol. The minimum Gasteiger partial charge on any atom is -0.478 e. The summed E-state index contributed by atoms with van der Waals surface area (Å²) in [6.45, 7) is 4.77. The van der Waals surface area contributed by atoms with Crippen LogP contribution in [-0.2, 0) is 6.18 Å². The molecule has 0 saturated heterocycles. The lowest BCUT2D eigenvalue weighted by atomic mass is 9.92. The maximum atomic E-state index is 12.6. The Morgan fingerprint density at radius 1 is 1.38 bits per heavy atom. The molecule has 0 bridgehead atoms. The van der Waals surface area contributed by atoms with E-state index in [0.717, 1.165) is 18.9 Å². The molecule has 0 radical (unpaired) electrons. The Bertz CT molecular complexity index is 548. The number of benzene rings is 1. The SMILES string of the molecule is CC(C)C1(CNc2ccc(C(F)(F)F)cc2C(=O)O)CC1. The summed E-state index contributed by atoms with van der Waals surface area (Å²) < 4.78 is 37.9. The number of carboxylic acids is 1. The Kier molecular flexibility index (Phi) is 3.91. The standard InChI is InChI=1S/C15H18F3NO2/c1-9(2)14(5-6-14)8-19-12-4-3-10(15(16,17)18)7-11(12)13(20)21/h3-4,7,9,19H,5-6,8H2,1-2H3,(H,20,21). The van der Waals surface area contributed by atoms with Gasteiger partial charge in [-0.2, -0.15) is 13.2 Å². The van der Waals surface area contributed by atoms with E-state index in [9.17, 15) is 18.0 Å². The number of nitrogens with one attached hydrogen (secondary N) is 1. The van der Waals surface area contributed by atoms with E-state index >= 15 is 0 Å². The second-order valence-electron chi connectivity index (χ2n) is 5.93. The predicted octanol–water partition coefficient (Wildman–Crippen LogP) is 4.25. The van der Waals surface area contributed by atoms with Gasteiger partial charge in [0.15, 0.2) is 0 Å². The van der Waals surface area contributed by atoms with Crippen LogP contribution in [0.1, 0.15) is 42.6 Å². The molecular weight excluding hydrogens is 283 g/mol. The summed E-state index contributed by atoms with van der Waals surface area (Å²) in [5.74, 6) is -0.911. The molecule has 1 saturated carbocycles. The quantitative estimate of drug-likeness (QED) is 0.854. The Balaban J connectivity index is 2.21. The second kappa shape index (κ2) is 5.24. The average Bonchev–Trinajstić information content (AvgIpc) is 3.16. The minimum atomic E-state index is -4.54. The number of halogens is 3. The Morgan fingerprint density at radius 3 is 2.43 bits per heavy atom. The van der Waals surface area contributed by atoms with Crippen LogP contribution in [0.25, 0.3) is 0 Å². The van der Waals surface area contributed by atoms with E-state index in [1.807, 2.05) is 0 Å². The molecule has 0 heterocycles. The Labute approximate surface area is 121 Å². The van der Waals surface area contributed by atoms with Crippen molar-refractivity contribution < 1.29 is 23.1 Å². The molecule has 3 nitrogen and oxygen atoms in total. The minimum absolute atomic E-state index is 0.137. The van der Waals surface area contributed by atoms with Gasteiger partial charge in [-0.1, -0.05) is 13.8 Å². The van der Waals surface area contributed by atoms with E-state index in [1.54, 1.807) is 0 Å². The number of aromatic carboxylic acids is 1. The first-order valence-electron chi connectivity index (χ1n) is 6.84. The Hall–Kier alpha value is -1.72. The molecule has 1 aliphatic rings. The highest BCUT2D eigenvalue weighted by molar-refractivity contribution is 5.94. The number of hydrogen-bond donors (Lipinski definition) is 2. The first kappa shape index (κ1) is 15.7. The first-order chi connectivity index (χ1) is 9.66. The zero-order valence-electron chi connectivity index (χ0n) is 11.9. The number of anilines is 1. The molecule has 1 aliphatic carbocycles. The van der Waals surface area contributed by atoms with Crippen molar-refractivity contribution in [2.45, 2.75) is 32.9 Å². The Morgan fingerprint density at radius 2 is 2.00 bits per heavy atom. The lowest BCUT2D eigenvalue weighted by Gasteiger charge is -2.21. The molecule has 2 N–H and O–H groups in total. The first-order valence-corrected chi connectivity index (χ1v) is 6.84. The van der Waals surface area contributed by atoms with Crippen LogP contribution >= 0.6 is 0 Å². The average molecular weight is 301 g/mol. The van der Waals surface area contributed by atoms with E-state index in [0.29, 0.717) is 18.5 Å². The predicted molar refractivity (Wildman–Crippen MR) is 73.4 cm³/mol. The van der Waals surface area contributed by atoms with Crippen LogP contribution in [0.4, 0.5) is 18.9 Å². The van der Waals surface area contributed by atoms with Crippen molar-refractivity contribution >= 4 is 11.7 Å². The third-order valence-corrected chi connectivity index (χ3v) is 4.33. The summed E-state index contributed by atoms with van der Waals surface area (Å²) in [6.07, 6.45) is -2.43. The smallest absolute Gasteiger partial charge is 0.416 e. The summed E-state index contributed by atoms with van der Waals surface area (Å²) in [4.78, 5) is 11.2. The van der Waals surface area contributed by atoms with Gasteiger partial charge in [0, 0.05) is 12.2 Å². The van der Waals surface area contributed by atoms with E-state index in [1.165, 1.54) is 6.07 Å². The third-order valence-electron chi connectivity index (χ3n) is 4.33. The van der Waals surface area contributed by atoms with Gasteiger partial charge in [-0.15, -0.1) is 0 Å². The number of alkyl halides is 3. The third kappa shape index (κ3) is 3.31. The van der Waals surface area contributed by atoms with Crippen LogP contribution in [-0.4, -0.2) is 17.6 Å².